The zero-order valence-electron chi connectivity index (χ0n) is 10.9. The van der Waals surface area contributed by atoms with E-state index >= 15 is 0 Å². The number of thioether (sulfide) groups is 1. The first-order chi connectivity index (χ1) is 8.80. The van der Waals surface area contributed by atoms with Gasteiger partial charge < -0.3 is 5.73 Å². The molecule has 1 aliphatic carbocycles. The average Bonchev–Trinajstić information content (AvgIpc) is 3.14. The van der Waals surface area contributed by atoms with Crippen molar-refractivity contribution in [2.75, 3.05) is 18.5 Å². The van der Waals surface area contributed by atoms with Gasteiger partial charge in [-0.3, -0.25) is 0 Å². The normalized spacial score (nSPS) is 17.4. The van der Waals surface area contributed by atoms with E-state index in [1.165, 1.54) is 6.07 Å². The van der Waals surface area contributed by atoms with Gasteiger partial charge in [0.1, 0.15) is 0 Å². The first kappa shape index (κ1) is 15.0. The minimum Gasteiger partial charge on any atom is -0.397 e. The van der Waals surface area contributed by atoms with E-state index in [4.69, 9.17) is 17.3 Å². The fraction of sp³-hybridized carbons (Fsp3) is 0.500. The first-order valence-electron chi connectivity index (χ1n) is 5.90. The molecule has 0 unspecified atom stereocenters. The van der Waals surface area contributed by atoms with E-state index in [1.807, 2.05) is 6.26 Å². The number of benzene rings is 1. The van der Waals surface area contributed by atoms with Crippen molar-refractivity contribution in [2.45, 2.75) is 29.4 Å². The molecule has 0 atom stereocenters. The lowest BCUT2D eigenvalue weighted by Gasteiger charge is -2.14. The van der Waals surface area contributed by atoms with Crippen LogP contribution >= 0.6 is 23.4 Å². The van der Waals surface area contributed by atoms with Gasteiger partial charge >= 0.3 is 0 Å². The van der Waals surface area contributed by atoms with Crippen molar-refractivity contribution in [3.63, 3.8) is 0 Å². The summed E-state index contributed by atoms with van der Waals surface area (Å²) in [6.45, 7) is 2.19. The maximum atomic E-state index is 12.2. The quantitative estimate of drug-likeness (QED) is 0.817. The van der Waals surface area contributed by atoms with Crippen molar-refractivity contribution in [2.24, 2.45) is 0 Å². The SMILES string of the molecule is CSC1(CNS(=O)(=O)c2cc(C)c(Cl)c(N)c2)CC1. The molecule has 1 aromatic rings. The molecule has 0 amide bonds. The van der Waals surface area contributed by atoms with Gasteiger partial charge in [-0.1, -0.05) is 11.6 Å². The molecule has 0 bridgehead atoms. The molecule has 0 saturated heterocycles. The van der Waals surface area contributed by atoms with Gasteiger partial charge in [-0.05, 0) is 43.7 Å². The van der Waals surface area contributed by atoms with Crippen LogP contribution in [-0.4, -0.2) is 26.0 Å². The van der Waals surface area contributed by atoms with E-state index in [0.717, 1.165) is 12.8 Å². The molecule has 0 aliphatic heterocycles. The standard InChI is InChI=1S/C12H17ClN2O2S2/c1-8-5-9(6-10(14)11(8)13)19(16,17)15-7-12(18-2)3-4-12/h5-6,15H,3-4,7,14H2,1-2H3. The minimum absolute atomic E-state index is 0.0834. The second-order valence-corrected chi connectivity index (χ2v) is 8.27. The Morgan fingerprint density at radius 3 is 2.58 bits per heavy atom. The van der Waals surface area contributed by atoms with Crippen molar-refractivity contribution in [3.8, 4) is 0 Å². The van der Waals surface area contributed by atoms with Crippen LogP contribution in [-0.2, 0) is 10.0 Å². The number of sulfonamides is 1. The van der Waals surface area contributed by atoms with Gasteiger partial charge in [0.25, 0.3) is 0 Å². The Bertz CT molecular complexity index is 575. The minimum atomic E-state index is -3.53. The summed E-state index contributed by atoms with van der Waals surface area (Å²) in [5, 5.41) is 0.404. The molecule has 0 heterocycles. The molecular formula is C12H17ClN2O2S2. The van der Waals surface area contributed by atoms with Gasteiger partial charge in [0.2, 0.25) is 10.0 Å². The van der Waals surface area contributed by atoms with Crippen LogP contribution in [0.3, 0.4) is 0 Å². The van der Waals surface area contributed by atoms with Crippen LogP contribution in [0.4, 0.5) is 5.69 Å². The van der Waals surface area contributed by atoms with Crippen LogP contribution in [0.1, 0.15) is 18.4 Å². The lowest BCUT2D eigenvalue weighted by atomic mass is 10.2. The van der Waals surface area contributed by atoms with Crippen LogP contribution < -0.4 is 10.5 Å². The Hall–Kier alpha value is -0.430. The number of halogens is 1. The summed E-state index contributed by atoms with van der Waals surface area (Å²) in [6.07, 6.45) is 4.11. The van der Waals surface area contributed by atoms with Gasteiger partial charge in [0, 0.05) is 11.3 Å². The van der Waals surface area contributed by atoms with Crippen molar-refractivity contribution < 1.29 is 8.42 Å². The molecule has 1 fully saturated rings. The number of rotatable bonds is 5. The van der Waals surface area contributed by atoms with Crippen molar-refractivity contribution in [3.05, 3.63) is 22.7 Å². The van der Waals surface area contributed by atoms with Crippen molar-refractivity contribution in [1.82, 2.24) is 4.72 Å². The summed E-state index contributed by atoms with van der Waals surface area (Å²) in [7, 11) is -3.53. The van der Waals surface area contributed by atoms with Gasteiger partial charge in [-0.15, -0.1) is 0 Å². The number of anilines is 1. The molecule has 1 saturated carbocycles. The zero-order valence-corrected chi connectivity index (χ0v) is 13.3. The number of nitrogen functional groups attached to an aromatic ring is 1. The number of nitrogens with one attached hydrogen (secondary N) is 1. The zero-order chi connectivity index (χ0) is 14.3. The van der Waals surface area contributed by atoms with E-state index in [9.17, 15) is 8.42 Å². The molecule has 19 heavy (non-hydrogen) atoms. The van der Waals surface area contributed by atoms with Gasteiger partial charge in [-0.25, -0.2) is 13.1 Å². The van der Waals surface area contributed by atoms with Crippen LogP contribution in [0.5, 0.6) is 0 Å². The average molecular weight is 321 g/mol. The molecule has 0 radical (unpaired) electrons. The third-order valence-electron chi connectivity index (χ3n) is 3.39. The Balaban J connectivity index is 2.20. The summed E-state index contributed by atoms with van der Waals surface area (Å²) in [6, 6.07) is 2.94. The highest BCUT2D eigenvalue weighted by Crippen LogP contribution is 2.46. The lowest BCUT2D eigenvalue weighted by Crippen LogP contribution is -2.31. The van der Waals surface area contributed by atoms with Crippen molar-refractivity contribution in [1.29, 1.82) is 0 Å². The van der Waals surface area contributed by atoms with Crippen LogP contribution in [0.2, 0.25) is 5.02 Å². The fourth-order valence-corrected chi connectivity index (χ4v) is 3.99. The highest BCUT2D eigenvalue weighted by atomic mass is 35.5. The summed E-state index contributed by atoms with van der Waals surface area (Å²) in [4.78, 5) is 0.170. The highest BCUT2D eigenvalue weighted by Gasteiger charge is 2.42. The maximum Gasteiger partial charge on any atom is 0.240 e. The molecule has 4 nitrogen and oxygen atoms in total. The number of hydrogen-bond donors (Lipinski definition) is 2. The number of aryl methyl sites for hydroxylation is 1. The van der Waals surface area contributed by atoms with Crippen LogP contribution in [0.25, 0.3) is 0 Å². The smallest absolute Gasteiger partial charge is 0.240 e. The Morgan fingerprint density at radius 1 is 1.47 bits per heavy atom. The molecule has 106 valence electrons. The molecule has 3 N–H and O–H groups in total. The van der Waals surface area contributed by atoms with E-state index < -0.39 is 10.0 Å². The number of nitrogens with two attached hydrogens (primary N) is 1. The molecule has 0 aromatic heterocycles. The Morgan fingerprint density at radius 2 is 2.11 bits per heavy atom. The monoisotopic (exact) mass is 320 g/mol. The third-order valence-corrected chi connectivity index (χ3v) is 6.71. The molecule has 7 heteroatoms. The predicted molar refractivity (Wildman–Crippen MR) is 81.3 cm³/mol. The van der Waals surface area contributed by atoms with Crippen LogP contribution in [0.15, 0.2) is 17.0 Å². The molecule has 1 aliphatic rings. The summed E-state index contributed by atoms with van der Waals surface area (Å²) in [5.74, 6) is 0. The molecule has 1 aromatic carbocycles. The first-order valence-corrected chi connectivity index (χ1v) is 8.99. The second kappa shape index (κ2) is 5.16. The van der Waals surface area contributed by atoms with Gasteiger partial charge in [-0.2, -0.15) is 11.8 Å². The molecule has 0 spiro atoms. The summed E-state index contributed by atoms with van der Waals surface area (Å²) >= 11 is 7.65. The van der Waals surface area contributed by atoms with Gasteiger partial charge in [0.15, 0.2) is 0 Å². The Kier molecular flexibility index (Phi) is 4.07. The topological polar surface area (TPSA) is 72.2 Å². The van der Waals surface area contributed by atoms with E-state index in [-0.39, 0.29) is 15.3 Å². The van der Waals surface area contributed by atoms with Gasteiger partial charge in [0.05, 0.1) is 15.6 Å². The summed E-state index contributed by atoms with van der Waals surface area (Å²) in [5.41, 5.74) is 6.66. The molecule has 2 rings (SSSR count). The largest absolute Gasteiger partial charge is 0.397 e. The second-order valence-electron chi connectivity index (χ2n) is 4.86. The third kappa shape index (κ3) is 3.18. The van der Waals surface area contributed by atoms with E-state index in [0.29, 0.717) is 17.1 Å². The molecular weight excluding hydrogens is 304 g/mol. The van der Waals surface area contributed by atoms with Crippen LogP contribution in [0, 0.1) is 6.92 Å². The Labute approximate surface area is 123 Å². The van der Waals surface area contributed by atoms with Crippen molar-refractivity contribution >= 4 is 39.1 Å². The maximum absolute atomic E-state index is 12.2. The van der Waals surface area contributed by atoms with E-state index in [2.05, 4.69) is 4.72 Å². The highest BCUT2D eigenvalue weighted by molar-refractivity contribution is 8.00. The van der Waals surface area contributed by atoms with E-state index in [1.54, 1.807) is 24.8 Å². The summed E-state index contributed by atoms with van der Waals surface area (Å²) < 4.78 is 27.2. The fourth-order valence-electron chi connectivity index (χ4n) is 1.82. The predicted octanol–water partition coefficient (Wildman–Crippen LogP) is 2.40. The number of hydrogen-bond acceptors (Lipinski definition) is 4. The lowest BCUT2D eigenvalue weighted by molar-refractivity contribution is 0.579.